The predicted molar refractivity (Wildman–Crippen MR) is 150 cm³/mol. The second kappa shape index (κ2) is 12.2. The van der Waals surface area contributed by atoms with E-state index in [4.69, 9.17) is 14.2 Å². The van der Waals surface area contributed by atoms with Gasteiger partial charge in [0, 0.05) is 31.3 Å². The zero-order chi connectivity index (χ0) is 29.0. The van der Waals surface area contributed by atoms with Crippen LogP contribution in [0.4, 0.5) is 0 Å². The molecule has 1 N–H and O–H groups in total. The standard InChI is InChI=1S/C29H35N3O7S/c1-19-16-32(20(2)18-33)29(34)26-14-22(21-6-8-23(37-4)9-7-21)15-30-28(26)39-27(19)17-31(3)40(35,36)25-12-10-24(38-5)11-13-25/h6-15,19-20,27,33H,16-18H2,1-5H3/t19-,20+,27-/m1/s1. The molecule has 10 nitrogen and oxygen atoms in total. The van der Waals surface area contributed by atoms with Gasteiger partial charge in [0.1, 0.15) is 23.2 Å². The highest BCUT2D eigenvalue weighted by Crippen LogP contribution is 2.31. The SMILES string of the molecule is COc1ccc(-c2cnc3c(c2)C(=O)N([C@@H](C)CO)C[C@@H](C)[C@@H](CN(C)S(=O)(=O)c2ccc(OC)cc2)O3)cc1. The van der Waals surface area contributed by atoms with Crippen LogP contribution in [0.5, 0.6) is 17.4 Å². The minimum absolute atomic E-state index is 0.0203. The number of ether oxygens (including phenoxy) is 3. The highest BCUT2D eigenvalue weighted by Gasteiger charge is 2.36. The molecule has 0 radical (unpaired) electrons. The molecule has 1 amide bonds. The summed E-state index contributed by atoms with van der Waals surface area (Å²) in [7, 11) is 0.766. The van der Waals surface area contributed by atoms with Crippen molar-refractivity contribution in [2.45, 2.75) is 30.9 Å². The predicted octanol–water partition coefficient (Wildman–Crippen LogP) is 3.31. The van der Waals surface area contributed by atoms with Crippen molar-refractivity contribution in [3.63, 3.8) is 0 Å². The number of aromatic nitrogens is 1. The van der Waals surface area contributed by atoms with Crippen molar-refractivity contribution in [1.82, 2.24) is 14.2 Å². The van der Waals surface area contributed by atoms with Gasteiger partial charge in [0.2, 0.25) is 15.9 Å². The van der Waals surface area contributed by atoms with E-state index in [1.165, 1.54) is 30.6 Å². The first-order valence-electron chi connectivity index (χ1n) is 12.9. The molecule has 0 aliphatic carbocycles. The van der Waals surface area contributed by atoms with Crippen LogP contribution in [0.2, 0.25) is 0 Å². The Bertz CT molecular complexity index is 1430. The molecule has 214 valence electrons. The summed E-state index contributed by atoms with van der Waals surface area (Å²) in [5.41, 5.74) is 1.79. The Morgan fingerprint density at radius 1 is 1.07 bits per heavy atom. The molecule has 40 heavy (non-hydrogen) atoms. The topological polar surface area (TPSA) is 118 Å². The third-order valence-electron chi connectivity index (χ3n) is 7.15. The van der Waals surface area contributed by atoms with Crippen LogP contribution in [0.3, 0.4) is 0 Å². The largest absolute Gasteiger partial charge is 0.497 e. The summed E-state index contributed by atoms with van der Waals surface area (Å²) in [6, 6.07) is 14.8. The van der Waals surface area contributed by atoms with E-state index in [0.29, 0.717) is 17.1 Å². The molecule has 1 aliphatic rings. The van der Waals surface area contributed by atoms with Crippen molar-refractivity contribution in [2.75, 3.05) is 41.0 Å². The van der Waals surface area contributed by atoms with Gasteiger partial charge in [-0.25, -0.2) is 13.4 Å². The Kier molecular flexibility index (Phi) is 8.97. The minimum Gasteiger partial charge on any atom is -0.497 e. The summed E-state index contributed by atoms with van der Waals surface area (Å²) in [5.74, 6) is 0.782. The van der Waals surface area contributed by atoms with Crippen LogP contribution in [0.1, 0.15) is 24.2 Å². The lowest BCUT2D eigenvalue weighted by atomic mass is 9.99. The summed E-state index contributed by atoms with van der Waals surface area (Å²) in [4.78, 5) is 19.9. The van der Waals surface area contributed by atoms with Crippen LogP contribution < -0.4 is 14.2 Å². The molecular weight excluding hydrogens is 534 g/mol. The third kappa shape index (κ3) is 6.06. The molecule has 3 aromatic rings. The van der Waals surface area contributed by atoms with Gasteiger partial charge in [-0.2, -0.15) is 4.31 Å². The smallest absolute Gasteiger partial charge is 0.259 e. The Labute approximate surface area is 235 Å². The average molecular weight is 570 g/mol. The van der Waals surface area contributed by atoms with Crippen molar-refractivity contribution in [3.05, 3.63) is 66.4 Å². The van der Waals surface area contributed by atoms with Crippen molar-refractivity contribution in [2.24, 2.45) is 5.92 Å². The molecule has 0 fully saturated rings. The lowest BCUT2D eigenvalue weighted by Gasteiger charge is -2.37. The highest BCUT2D eigenvalue weighted by molar-refractivity contribution is 7.89. The number of rotatable bonds is 9. The minimum atomic E-state index is -3.83. The number of aliphatic hydroxyl groups excluding tert-OH is 1. The number of pyridine rings is 1. The van der Waals surface area contributed by atoms with Gasteiger partial charge in [-0.3, -0.25) is 4.79 Å². The first kappa shape index (κ1) is 29.3. The number of fused-ring (bicyclic) bond motifs is 1. The summed E-state index contributed by atoms with van der Waals surface area (Å²) < 4.78 is 44.6. The van der Waals surface area contributed by atoms with Crippen LogP contribution in [0.15, 0.2) is 65.7 Å². The molecule has 2 aromatic carbocycles. The number of carbonyl (C=O) groups is 1. The van der Waals surface area contributed by atoms with E-state index in [9.17, 15) is 18.3 Å². The molecule has 0 saturated carbocycles. The number of hydrogen-bond donors (Lipinski definition) is 1. The molecule has 3 atom stereocenters. The fourth-order valence-corrected chi connectivity index (χ4v) is 5.72. The molecule has 0 saturated heterocycles. The Morgan fingerprint density at radius 2 is 1.68 bits per heavy atom. The monoisotopic (exact) mass is 569 g/mol. The van der Waals surface area contributed by atoms with Gasteiger partial charge in [0.15, 0.2) is 0 Å². The van der Waals surface area contributed by atoms with E-state index >= 15 is 0 Å². The molecule has 4 rings (SSSR count). The second-order valence-corrected chi connectivity index (χ2v) is 11.9. The van der Waals surface area contributed by atoms with E-state index in [1.54, 1.807) is 43.3 Å². The number of likely N-dealkylation sites (N-methyl/N-ethyl adjacent to an activating group) is 1. The number of sulfonamides is 1. The van der Waals surface area contributed by atoms with Gasteiger partial charge >= 0.3 is 0 Å². The van der Waals surface area contributed by atoms with Crippen LogP contribution in [-0.2, 0) is 10.0 Å². The van der Waals surface area contributed by atoms with E-state index in [2.05, 4.69) is 4.98 Å². The second-order valence-electron chi connectivity index (χ2n) is 9.89. The van der Waals surface area contributed by atoms with E-state index in [-0.39, 0.29) is 47.9 Å². The Morgan fingerprint density at radius 3 is 2.25 bits per heavy atom. The van der Waals surface area contributed by atoms with Gasteiger partial charge in [0.25, 0.3) is 5.91 Å². The van der Waals surface area contributed by atoms with E-state index in [0.717, 1.165) is 5.56 Å². The fourth-order valence-electron chi connectivity index (χ4n) is 4.54. The maximum Gasteiger partial charge on any atom is 0.259 e. The molecule has 1 aromatic heterocycles. The van der Waals surface area contributed by atoms with Gasteiger partial charge in [-0.15, -0.1) is 0 Å². The normalized spacial score (nSPS) is 18.4. The first-order chi connectivity index (χ1) is 19.1. The number of aliphatic hydroxyl groups is 1. The number of carbonyl (C=O) groups excluding carboxylic acids is 1. The highest BCUT2D eigenvalue weighted by atomic mass is 32.2. The summed E-state index contributed by atoms with van der Waals surface area (Å²) in [6.07, 6.45) is 0.993. The van der Waals surface area contributed by atoms with Crippen molar-refractivity contribution >= 4 is 15.9 Å². The quantitative estimate of drug-likeness (QED) is 0.417. The summed E-state index contributed by atoms with van der Waals surface area (Å²) >= 11 is 0. The van der Waals surface area contributed by atoms with Gasteiger partial charge < -0.3 is 24.2 Å². The number of nitrogens with zero attached hydrogens (tertiary/aromatic N) is 3. The summed E-state index contributed by atoms with van der Waals surface area (Å²) in [5, 5.41) is 9.92. The van der Waals surface area contributed by atoms with Crippen molar-refractivity contribution in [1.29, 1.82) is 0 Å². The molecule has 11 heteroatoms. The molecule has 0 spiro atoms. The maximum atomic E-state index is 13.7. The molecular formula is C29H35N3O7S. The van der Waals surface area contributed by atoms with Crippen LogP contribution in [0.25, 0.3) is 11.1 Å². The van der Waals surface area contributed by atoms with Gasteiger partial charge in [0.05, 0.1) is 38.3 Å². The number of methoxy groups -OCH3 is 2. The fraction of sp³-hybridized carbons (Fsp3) is 0.379. The zero-order valence-corrected chi connectivity index (χ0v) is 24.1. The zero-order valence-electron chi connectivity index (χ0n) is 23.3. The van der Waals surface area contributed by atoms with E-state index in [1.807, 2.05) is 31.2 Å². The Balaban J connectivity index is 1.68. The number of hydrogen-bond acceptors (Lipinski definition) is 8. The van der Waals surface area contributed by atoms with Gasteiger partial charge in [-0.1, -0.05) is 19.1 Å². The van der Waals surface area contributed by atoms with E-state index < -0.39 is 22.2 Å². The molecule has 2 heterocycles. The first-order valence-corrected chi connectivity index (χ1v) is 14.4. The number of benzene rings is 2. The van der Waals surface area contributed by atoms with Crippen LogP contribution in [0, 0.1) is 5.92 Å². The number of amides is 1. The van der Waals surface area contributed by atoms with Crippen LogP contribution in [-0.4, -0.2) is 86.7 Å². The Hall–Kier alpha value is -3.67. The van der Waals surface area contributed by atoms with Crippen molar-refractivity contribution < 1.29 is 32.5 Å². The van der Waals surface area contributed by atoms with Crippen LogP contribution >= 0.6 is 0 Å². The van der Waals surface area contributed by atoms with Crippen molar-refractivity contribution in [3.8, 4) is 28.5 Å². The molecule has 0 bridgehead atoms. The average Bonchev–Trinajstić information content (AvgIpc) is 2.98. The third-order valence-corrected chi connectivity index (χ3v) is 8.99. The molecule has 1 aliphatic heterocycles. The van der Waals surface area contributed by atoms with Gasteiger partial charge in [-0.05, 0) is 55.0 Å². The lowest BCUT2D eigenvalue weighted by Crippen LogP contribution is -2.50. The summed E-state index contributed by atoms with van der Waals surface area (Å²) in [6.45, 7) is 3.71. The lowest BCUT2D eigenvalue weighted by molar-refractivity contribution is 0.0373. The maximum absolute atomic E-state index is 13.7. The molecule has 0 unspecified atom stereocenters.